The van der Waals surface area contributed by atoms with Crippen molar-refractivity contribution in [3.63, 3.8) is 0 Å². The van der Waals surface area contributed by atoms with Gasteiger partial charge in [-0.05, 0) is 6.42 Å². The Morgan fingerprint density at radius 1 is 0.875 bits per heavy atom. The van der Waals surface area contributed by atoms with Crippen molar-refractivity contribution < 1.29 is 19.8 Å². The Bertz CT molecular complexity index is 326. The van der Waals surface area contributed by atoms with E-state index in [2.05, 4.69) is 6.92 Å². The van der Waals surface area contributed by atoms with Gasteiger partial charge in [-0.3, -0.25) is 9.59 Å². The molecule has 24 heavy (non-hydrogen) atoms. The van der Waals surface area contributed by atoms with Crippen LogP contribution in [0.5, 0.6) is 0 Å². The molecule has 0 amide bonds. The van der Waals surface area contributed by atoms with E-state index in [1.807, 2.05) is 0 Å². The summed E-state index contributed by atoms with van der Waals surface area (Å²) in [6.07, 6.45) is 12.4. The summed E-state index contributed by atoms with van der Waals surface area (Å²) in [7, 11) is 0. The molecular formula is C18H36NNaO4. The molecule has 2 atom stereocenters. The molecule has 0 saturated heterocycles. The standard InChI is InChI=1S/C18H35NO4.Na.H/c1-2-3-4-5-6-7-8-9-10-11-12-13-15(20)14-16(21)17(19)18(22)23;;/h16-17,21H,2-14,19H2,1H3,(H,22,23);;/t16-,17+;;/m1../s1. The Morgan fingerprint density at radius 2 is 1.29 bits per heavy atom. The number of aliphatic hydroxyl groups excluding tert-OH is 1. The third kappa shape index (κ3) is 15.6. The minimum atomic E-state index is -1.38. The molecule has 0 aliphatic carbocycles. The van der Waals surface area contributed by atoms with E-state index in [1.54, 1.807) is 0 Å². The van der Waals surface area contributed by atoms with Crippen molar-refractivity contribution in [2.75, 3.05) is 0 Å². The van der Waals surface area contributed by atoms with Gasteiger partial charge in [-0.15, -0.1) is 0 Å². The van der Waals surface area contributed by atoms with E-state index in [1.165, 1.54) is 51.4 Å². The van der Waals surface area contributed by atoms with Gasteiger partial charge in [0.05, 0.1) is 6.10 Å². The number of ketones is 1. The monoisotopic (exact) mass is 353 g/mol. The third-order valence-corrected chi connectivity index (χ3v) is 4.20. The second-order valence-electron chi connectivity index (χ2n) is 6.46. The van der Waals surface area contributed by atoms with Gasteiger partial charge < -0.3 is 15.9 Å². The van der Waals surface area contributed by atoms with Crippen LogP contribution < -0.4 is 5.73 Å². The fourth-order valence-electron chi connectivity index (χ4n) is 2.61. The molecule has 0 aromatic rings. The molecule has 0 saturated carbocycles. The van der Waals surface area contributed by atoms with Crippen LogP contribution >= 0.6 is 0 Å². The predicted octanol–water partition coefficient (Wildman–Crippen LogP) is 2.77. The first kappa shape index (κ1) is 26.3. The van der Waals surface area contributed by atoms with Crippen molar-refractivity contribution in [1.29, 1.82) is 0 Å². The van der Waals surface area contributed by atoms with Crippen LogP contribution in [0, 0.1) is 0 Å². The van der Waals surface area contributed by atoms with Gasteiger partial charge in [-0.1, -0.05) is 71.1 Å². The molecule has 4 N–H and O–H groups in total. The minimum absolute atomic E-state index is 0. The average molecular weight is 353 g/mol. The Kier molecular flexibility index (Phi) is 19.6. The zero-order chi connectivity index (χ0) is 17.5. The first-order chi connectivity index (χ1) is 11.0. The Balaban J connectivity index is 0. The van der Waals surface area contributed by atoms with Gasteiger partial charge in [0.15, 0.2) is 0 Å². The van der Waals surface area contributed by atoms with Gasteiger partial charge in [0, 0.05) is 12.8 Å². The molecule has 138 valence electrons. The SMILES string of the molecule is CCCCCCCCCCCCCC(=O)C[C@@H](O)[C@H](N)C(=O)O.[NaH]. The number of Topliss-reactive ketones (excluding diaryl/α,β-unsaturated/α-hetero) is 1. The van der Waals surface area contributed by atoms with Gasteiger partial charge in [-0.25, -0.2) is 0 Å². The van der Waals surface area contributed by atoms with E-state index < -0.39 is 18.1 Å². The number of aliphatic hydroxyl groups is 1. The molecule has 0 aromatic carbocycles. The molecule has 6 heteroatoms. The number of carbonyl (C=O) groups is 2. The topological polar surface area (TPSA) is 101 Å². The molecule has 0 heterocycles. The van der Waals surface area contributed by atoms with Gasteiger partial charge in [0.2, 0.25) is 0 Å². The molecule has 0 unspecified atom stereocenters. The number of carboxylic acid groups (broad SMARTS) is 1. The zero-order valence-electron chi connectivity index (χ0n) is 14.6. The molecular weight excluding hydrogens is 317 g/mol. The summed E-state index contributed by atoms with van der Waals surface area (Å²) < 4.78 is 0. The number of aliphatic carboxylic acids is 1. The van der Waals surface area contributed by atoms with Crippen molar-refractivity contribution in [3.8, 4) is 0 Å². The van der Waals surface area contributed by atoms with Crippen LogP contribution in [0.2, 0.25) is 0 Å². The van der Waals surface area contributed by atoms with E-state index in [9.17, 15) is 14.7 Å². The Hall–Kier alpha value is 0.0600. The maximum atomic E-state index is 11.6. The second-order valence-corrected chi connectivity index (χ2v) is 6.46. The molecule has 0 aromatic heterocycles. The average Bonchev–Trinajstić information content (AvgIpc) is 2.51. The van der Waals surface area contributed by atoms with Crippen molar-refractivity contribution in [3.05, 3.63) is 0 Å². The summed E-state index contributed by atoms with van der Waals surface area (Å²) in [5, 5.41) is 18.2. The number of nitrogens with two attached hydrogens (primary N) is 1. The van der Waals surface area contributed by atoms with E-state index in [-0.39, 0.29) is 41.8 Å². The van der Waals surface area contributed by atoms with Gasteiger partial charge in [0.1, 0.15) is 11.8 Å². The fraction of sp³-hybridized carbons (Fsp3) is 0.889. The third-order valence-electron chi connectivity index (χ3n) is 4.20. The van der Waals surface area contributed by atoms with Gasteiger partial charge in [0.25, 0.3) is 0 Å². The second kappa shape index (κ2) is 17.9. The molecule has 0 radical (unpaired) electrons. The summed E-state index contributed by atoms with van der Waals surface area (Å²) in [6, 6.07) is -1.38. The van der Waals surface area contributed by atoms with Crippen LogP contribution in [0.15, 0.2) is 0 Å². The van der Waals surface area contributed by atoms with Crippen LogP contribution in [0.1, 0.15) is 90.4 Å². The van der Waals surface area contributed by atoms with E-state index in [0.29, 0.717) is 6.42 Å². The number of unbranched alkanes of at least 4 members (excludes halogenated alkanes) is 10. The van der Waals surface area contributed by atoms with E-state index in [4.69, 9.17) is 10.8 Å². The van der Waals surface area contributed by atoms with E-state index >= 15 is 0 Å². The summed E-state index contributed by atoms with van der Waals surface area (Å²) in [5.74, 6) is -1.38. The fourth-order valence-corrected chi connectivity index (χ4v) is 2.61. The van der Waals surface area contributed by atoms with E-state index in [0.717, 1.165) is 19.3 Å². The van der Waals surface area contributed by atoms with Gasteiger partial charge >= 0.3 is 35.5 Å². The normalized spacial score (nSPS) is 13.1. The van der Waals surface area contributed by atoms with Crippen LogP contribution in [-0.4, -0.2) is 63.7 Å². The van der Waals surface area contributed by atoms with Crippen LogP contribution in [0.3, 0.4) is 0 Å². The molecule has 0 bridgehead atoms. The first-order valence-corrected chi connectivity index (χ1v) is 9.17. The number of carbonyl (C=O) groups excluding carboxylic acids is 1. The predicted molar refractivity (Wildman–Crippen MR) is 99.5 cm³/mol. The zero-order valence-corrected chi connectivity index (χ0v) is 14.6. The maximum absolute atomic E-state index is 11.6. The molecule has 0 rings (SSSR count). The first-order valence-electron chi connectivity index (χ1n) is 9.17. The number of rotatable bonds is 16. The Labute approximate surface area is 169 Å². The summed E-state index contributed by atoms with van der Waals surface area (Å²) in [5.41, 5.74) is 5.27. The van der Waals surface area contributed by atoms with Gasteiger partial charge in [-0.2, -0.15) is 0 Å². The van der Waals surface area contributed by atoms with Crippen molar-refractivity contribution in [1.82, 2.24) is 0 Å². The van der Waals surface area contributed by atoms with Crippen molar-refractivity contribution in [2.45, 2.75) is 103 Å². The quantitative estimate of drug-likeness (QED) is 0.293. The summed E-state index contributed by atoms with van der Waals surface area (Å²) in [4.78, 5) is 22.2. The van der Waals surface area contributed by atoms with Crippen molar-refractivity contribution in [2.24, 2.45) is 5.73 Å². The number of carboxylic acids is 1. The summed E-state index contributed by atoms with van der Waals surface area (Å²) >= 11 is 0. The van der Waals surface area contributed by atoms with Crippen LogP contribution in [0.25, 0.3) is 0 Å². The van der Waals surface area contributed by atoms with Crippen LogP contribution in [0.4, 0.5) is 0 Å². The van der Waals surface area contributed by atoms with Crippen LogP contribution in [-0.2, 0) is 9.59 Å². The summed E-state index contributed by atoms with van der Waals surface area (Å²) in [6.45, 7) is 2.23. The molecule has 5 nitrogen and oxygen atoms in total. The van der Waals surface area contributed by atoms with Crippen molar-refractivity contribution >= 4 is 41.3 Å². The molecule has 0 aliphatic rings. The Morgan fingerprint density at radius 3 is 1.71 bits per heavy atom. The molecule has 0 aliphatic heterocycles. The number of hydrogen-bond acceptors (Lipinski definition) is 4. The molecule has 0 fully saturated rings. The molecule has 0 spiro atoms. The number of hydrogen-bond donors (Lipinski definition) is 3.